The number of carbonyl (C=O) groups is 3. The molecule has 1 aliphatic rings. The van der Waals surface area contributed by atoms with Gasteiger partial charge in [-0.3, -0.25) is 20.3 Å². The smallest absolute Gasteiger partial charge is 0.413 e. The maximum absolute atomic E-state index is 13.5. The molecule has 1 aliphatic heterocycles. The lowest BCUT2D eigenvalue weighted by molar-refractivity contribution is -0.130. The van der Waals surface area contributed by atoms with Gasteiger partial charge in [-0.2, -0.15) is 0 Å². The first kappa shape index (κ1) is 30.7. The quantitative estimate of drug-likeness (QED) is 0.185. The van der Waals surface area contributed by atoms with Crippen LogP contribution in [0.5, 0.6) is 0 Å². The van der Waals surface area contributed by atoms with Crippen molar-refractivity contribution < 1.29 is 23.5 Å². The van der Waals surface area contributed by atoms with Crippen molar-refractivity contribution in [2.24, 2.45) is 0 Å². The molecule has 3 aromatic carbocycles. The number of benzene rings is 3. The number of piperidine rings is 1. The van der Waals surface area contributed by atoms with E-state index < -0.39 is 18.0 Å². The molecule has 0 aliphatic carbocycles. The molecule has 220 valence electrons. The molecule has 9 nitrogen and oxygen atoms in total. The van der Waals surface area contributed by atoms with Crippen molar-refractivity contribution >= 4 is 35.3 Å². The predicted octanol–water partition coefficient (Wildman–Crippen LogP) is 4.39. The van der Waals surface area contributed by atoms with Crippen LogP contribution in [0.1, 0.15) is 47.9 Å². The molecule has 4 rings (SSSR count). The standard InChI is InChI=1S/C31H33ClFN5O4/c1-19(37-30(40)27-16-24(13-14-35-27)22-5-3-2-4-6-22)29(39)36-17-20-7-10-23(11-8-20)28(34)38-31(41)42-18-21-9-12-25(32)26(33)15-21/h2-12,15,19,24,27,35H,13-14,16-18H2,1H3,(H,36,39)(H,37,40)(H2,34,38,41)/t19-,24-,27+/m0/s1. The number of halogens is 2. The zero-order chi connectivity index (χ0) is 30.1. The van der Waals surface area contributed by atoms with Gasteiger partial charge in [0, 0.05) is 12.1 Å². The number of carbonyl (C=O) groups excluding carboxylic acids is 3. The van der Waals surface area contributed by atoms with Crippen LogP contribution in [0.4, 0.5) is 9.18 Å². The molecule has 0 bridgehead atoms. The van der Waals surface area contributed by atoms with Crippen LogP contribution in [-0.4, -0.2) is 42.4 Å². The van der Waals surface area contributed by atoms with E-state index in [1.54, 1.807) is 31.2 Å². The average Bonchev–Trinajstić information content (AvgIpc) is 3.01. The van der Waals surface area contributed by atoms with Crippen LogP contribution in [-0.2, 0) is 27.5 Å². The second-order valence-electron chi connectivity index (χ2n) is 10.1. The Labute approximate surface area is 248 Å². The topological polar surface area (TPSA) is 132 Å². The molecule has 3 aromatic rings. The van der Waals surface area contributed by atoms with E-state index >= 15 is 0 Å². The highest BCUT2D eigenvalue weighted by Crippen LogP contribution is 2.27. The Balaban J connectivity index is 1.19. The lowest BCUT2D eigenvalue weighted by Crippen LogP contribution is -2.53. The minimum Gasteiger partial charge on any atom is -0.444 e. The Bertz CT molecular complexity index is 1420. The summed E-state index contributed by atoms with van der Waals surface area (Å²) in [5.74, 6) is -1.03. The van der Waals surface area contributed by atoms with E-state index in [0.717, 1.165) is 18.5 Å². The molecule has 0 aromatic heterocycles. The number of rotatable bonds is 9. The van der Waals surface area contributed by atoms with Crippen LogP contribution in [0.2, 0.25) is 5.02 Å². The number of nitrogens with one attached hydrogen (secondary N) is 5. The first-order valence-electron chi connectivity index (χ1n) is 13.6. The maximum atomic E-state index is 13.5. The SMILES string of the molecule is C[C@H](NC(=O)[C@H]1C[C@@H](c2ccccc2)CCN1)C(=O)NCc1ccc(C(=N)NC(=O)OCc2ccc(Cl)c(F)c2)cc1. The van der Waals surface area contributed by atoms with Gasteiger partial charge < -0.3 is 20.7 Å². The zero-order valence-electron chi connectivity index (χ0n) is 23.1. The van der Waals surface area contributed by atoms with Gasteiger partial charge >= 0.3 is 6.09 Å². The van der Waals surface area contributed by atoms with Crippen molar-refractivity contribution in [2.75, 3.05) is 6.54 Å². The second kappa shape index (κ2) is 14.6. The predicted molar refractivity (Wildman–Crippen MR) is 158 cm³/mol. The molecule has 0 radical (unpaired) electrons. The second-order valence-corrected chi connectivity index (χ2v) is 10.5. The van der Waals surface area contributed by atoms with E-state index in [1.165, 1.54) is 23.8 Å². The molecule has 3 atom stereocenters. The fourth-order valence-corrected chi connectivity index (χ4v) is 4.76. The lowest BCUT2D eigenvalue weighted by atomic mass is 9.86. The van der Waals surface area contributed by atoms with Crippen LogP contribution >= 0.6 is 11.6 Å². The highest BCUT2D eigenvalue weighted by Gasteiger charge is 2.29. The number of amidine groups is 1. The number of hydrogen-bond acceptors (Lipinski definition) is 6. The van der Waals surface area contributed by atoms with Gasteiger partial charge in [-0.15, -0.1) is 0 Å². The normalized spacial score (nSPS) is 17.0. The molecular formula is C31H33ClFN5O4. The minimum absolute atomic E-state index is 0.0288. The molecule has 1 heterocycles. The molecule has 0 saturated carbocycles. The Morgan fingerprint density at radius 1 is 1.07 bits per heavy atom. The summed E-state index contributed by atoms with van der Waals surface area (Å²) in [6, 6.07) is 19.8. The van der Waals surface area contributed by atoms with E-state index in [9.17, 15) is 18.8 Å². The summed E-state index contributed by atoms with van der Waals surface area (Å²) < 4.78 is 18.6. The van der Waals surface area contributed by atoms with E-state index in [4.69, 9.17) is 21.7 Å². The Morgan fingerprint density at radius 3 is 2.50 bits per heavy atom. The Kier molecular flexibility index (Phi) is 10.6. The number of alkyl carbamates (subject to hydrolysis) is 1. The molecule has 42 heavy (non-hydrogen) atoms. The zero-order valence-corrected chi connectivity index (χ0v) is 23.8. The third kappa shape index (κ3) is 8.61. The number of ether oxygens (including phenoxy) is 1. The molecule has 1 fully saturated rings. The van der Waals surface area contributed by atoms with Gasteiger partial charge in [-0.1, -0.05) is 72.3 Å². The largest absolute Gasteiger partial charge is 0.444 e. The highest BCUT2D eigenvalue weighted by atomic mass is 35.5. The first-order valence-corrected chi connectivity index (χ1v) is 14.0. The number of amides is 3. The summed E-state index contributed by atoms with van der Waals surface area (Å²) >= 11 is 5.64. The number of hydrogen-bond donors (Lipinski definition) is 5. The van der Waals surface area contributed by atoms with Gasteiger partial charge in [0.1, 0.15) is 24.3 Å². The highest BCUT2D eigenvalue weighted by molar-refractivity contribution is 6.30. The van der Waals surface area contributed by atoms with Crippen molar-refractivity contribution in [3.05, 3.63) is 106 Å². The molecule has 5 N–H and O–H groups in total. The molecule has 0 spiro atoms. The van der Waals surface area contributed by atoms with Gasteiger partial charge in [0.2, 0.25) is 11.8 Å². The molecule has 3 amide bonds. The summed E-state index contributed by atoms with van der Waals surface area (Å²) in [5.41, 5.74) is 2.83. The Morgan fingerprint density at radius 2 is 1.79 bits per heavy atom. The van der Waals surface area contributed by atoms with E-state index in [-0.39, 0.29) is 47.8 Å². The first-order chi connectivity index (χ1) is 20.2. The van der Waals surface area contributed by atoms with E-state index in [0.29, 0.717) is 17.5 Å². The van der Waals surface area contributed by atoms with Crippen molar-refractivity contribution in [3.8, 4) is 0 Å². The lowest BCUT2D eigenvalue weighted by Gasteiger charge is -2.30. The summed E-state index contributed by atoms with van der Waals surface area (Å²) in [5, 5.41) is 19.3. The van der Waals surface area contributed by atoms with Crippen LogP contribution in [0.15, 0.2) is 72.8 Å². The fourth-order valence-electron chi connectivity index (χ4n) is 4.64. The average molecular weight is 594 g/mol. The molecular weight excluding hydrogens is 561 g/mol. The summed E-state index contributed by atoms with van der Waals surface area (Å²) in [6.07, 6.45) is 0.761. The van der Waals surface area contributed by atoms with Crippen LogP contribution < -0.4 is 21.3 Å². The van der Waals surface area contributed by atoms with Gasteiger partial charge in [0.15, 0.2) is 0 Å². The Hall–Kier alpha value is -4.28. The van der Waals surface area contributed by atoms with Gasteiger partial charge in [-0.25, -0.2) is 9.18 Å². The van der Waals surface area contributed by atoms with Crippen LogP contribution in [0, 0.1) is 11.2 Å². The summed E-state index contributed by atoms with van der Waals surface area (Å²) in [4.78, 5) is 37.5. The van der Waals surface area contributed by atoms with Gasteiger partial charge in [0.05, 0.1) is 11.1 Å². The van der Waals surface area contributed by atoms with Crippen molar-refractivity contribution in [1.82, 2.24) is 21.3 Å². The van der Waals surface area contributed by atoms with Crippen LogP contribution in [0.3, 0.4) is 0 Å². The maximum Gasteiger partial charge on any atom is 0.413 e. The van der Waals surface area contributed by atoms with E-state index in [2.05, 4.69) is 33.4 Å². The van der Waals surface area contributed by atoms with Crippen molar-refractivity contribution in [3.63, 3.8) is 0 Å². The molecule has 11 heteroatoms. The van der Waals surface area contributed by atoms with Gasteiger partial charge in [-0.05, 0) is 61.1 Å². The fraction of sp³-hybridized carbons (Fsp3) is 0.290. The monoisotopic (exact) mass is 593 g/mol. The molecule has 0 unspecified atom stereocenters. The van der Waals surface area contributed by atoms with Crippen LogP contribution in [0.25, 0.3) is 0 Å². The van der Waals surface area contributed by atoms with E-state index in [1.807, 2.05) is 18.2 Å². The summed E-state index contributed by atoms with van der Waals surface area (Å²) in [6.45, 7) is 2.41. The minimum atomic E-state index is -0.859. The van der Waals surface area contributed by atoms with Gasteiger partial charge in [0.25, 0.3) is 0 Å². The van der Waals surface area contributed by atoms with Crippen molar-refractivity contribution in [1.29, 1.82) is 5.41 Å². The summed E-state index contributed by atoms with van der Waals surface area (Å²) in [7, 11) is 0. The molecule has 1 saturated heterocycles. The third-order valence-electron chi connectivity index (χ3n) is 7.03. The third-order valence-corrected chi connectivity index (χ3v) is 7.34. The van der Waals surface area contributed by atoms with Crippen molar-refractivity contribution in [2.45, 2.75) is 50.9 Å².